The van der Waals surface area contributed by atoms with E-state index in [-0.39, 0.29) is 0 Å². The zero-order valence-corrected chi connectivity index (χ0v) is 8.12. The smallest absolute Gasteiger partial charge is 0.117 e. The zero-order chi connectivity index (χ0) is 9.68. The molecule has 0 heterocycles. The van der Waals surface area contributed by atoms with Crippen LogP contribution in [0.1, 0.15) is 25.7 Å². The molecule has 0 bridgehead atoms. The fourth-order valence-corrected chi connectivity index (χ4v) is 1.85. The van der Waals surface area contributed by atoms with Crippen LogP contribution in [-0.4, -0.2) is 33.3 Å². The van der Waals surface area contributed by atoms with Gasteiger partial charge in [0.25, 0.3) is 0 Å². The first-order valence-corrected chi connectivity index (χ1v) is 4.86. The first-order valence-electron chi connectivity index (χ1n) is 4.86. The fourth-order valence-electron chi connectivity index (χ4n) is 1.85. The summed E-state index contributed by atoms with van der Waals surface area (Å²) in [4.78, 5) is 3.72. The average molecular weight is 179 g/mol. The van der Waals surface area contributed by atoms with Crippen LogP contribution in [0.3, 0.4) is 0 Å². The molecular weight excluding hydrogens is 163 g/mol. The summed E-state index contributed by atoms with van der Waals surface area (Å²) in [6, 6.07) is 0.657. The van der Waals surface area contributed by atoms with Crippen LogP contribution in [0.15, 0.2) is 4.99 Å². The fraction of sp³-hybridized carbons (Fsp3) is 0.889. The quantitative estimate of drug-likeness (QED) is 0.365. The third kappa shape index (κ3) is 3.81. The summed E-state index contributed by atoms with van der Waals surface area (Å²) >= 11 is 0. The molecule has 0 aromatic heterocycles. The largest absolute Gasteiger partial charge is 0.870 e. The zero-order valence-electron chi connectivity index (χ0n) is 8.12. The Morgan fingerprint density at radius 3 is 2.54 bits per heavy atom. The van der Waals surface area contributed by atoms with Crippen LogP contribution in [0.25, 0.3) is 0 Å². The van der Waals surface area contributed by atoms with Crippen LogP contribution in [0.2, 0.25) is 0 Å². The Morgan fingerprint density at radius 1 is 1.46 bits per heavy atom. The summed E-state index contributed by atoms with van der Waals surface area (Å²) < 4.78 is 0. The van der Waals surface area contributed by atoms with Gasteiger partial charge in [0.2, 0.25) is 0 Å². The Morgan fingerprint density at radius 2 is 2.08 bits per heavy atom. The van der Waals surface area contributed by atoms with Crippen molar-refractivity contribution in [1.29, 1.82) is 0 Å². The Hall–Kier alpha value is -0.505. The van der Waals surface area contributed by atoms with Gasteiger partial charge in [-0.25, -0.2) is 0 Å². The van der Waals surface area contributed by atoms with Crippen molar-refractivity contribution in [2.45, 2.75) is 31.7 Å². The van der Waals surface area contributed by atoms with E-state index in [1.54, 1.807) is 0 Å². The van der Waals surface area contributed by atoms with Gasteiger partial charge in [-0.2, -0.15) is 0 Å². The summed E-state index contributed by atoms with van der Waals surface area (Å²) in [5, 5.41) is 13.7. The molecule has 0 aliphatic heterocycles. The molecule has 72 valence electrons. The van der Waals surface area contributed by atoms with Gasteiger partial charge in [-0.05, 0) is 38.6 Å². The third-order valence-electron chi connectivity index (χ3n) is 2.76. The monoisotopic (exact) mass is 179 g/mol. The lowest BCUT2D eigenvalue weighted by atomic mass is 9.86. The van der Waals surface area contributed by atoms with Crippen LogP contribution in [0.4, 0.5) is 0 Å². The molecule has 1 N–H and O–H groups in total. The lowest BCUT2D eigenvalue weighted by Crippen LogP contribution is -2.31. The molecule has 0 amide bonds. The average Bonchev–Trinajstić information content (AvgIpc) is 2.15. The van der Waals surface area contributed by atoms with Crippen LogP contribution in [0.5, 0.6) is 0 Å². The van der Waals surface area contributed by atoms with Crippen molar-refractivity contribution in [2.75, 3.05) is 13.6 Å². The minimum Gasteiger partial charge on any atom is -0.870 e. The maximum atomic E-state index is 10.4. The highest BCUT2D eigenvalue weighted by atomic mass is 16.3. The van der Waals surface area contributed by atoms with Gasteiger partial charge in [-0.3, -0.25) is 0 Å². The number of hydrogen-bond acceptors (Lipinski definition) is 3. The topological polar surface area (TPSA) is 47.5 Å². The number of hydrogen-bond donors (Lipinski definition) is 1. The van der Waals surface area contributed by atoms with Crippen LogP contribution in [0, 0.1) is 5.92 Å². The molecule has 1 fully saturated rings. The summed E-state index contributed by atoms with van der Waals surface area (Å²) in [5.74, 6) is 0.0350. The minimum absolute atomic E-state index is 0.532. The van der Waals surface area contributed by atoms with Crippen LogP contribution in [-0.2, 0) is 0 Å². The predicted octanol–water partition coefficient (Wildman–Crippen LogP) is -0.351. The van der Waals surface area contributed by atoms with E-state index < -0.39 is 5.80 Å². The predicted molar refractivity (Wildman–Crippen MR) is 52.9 cm³/mol. The summed E-state index contributed by atoms with van der Waals surface area (Å²) in [6.45, 7) is 0.617. The second kappa shape index (κ2) is 5.27. The molecule has 1 aliphatic rings. The molecule has 0 unspecified atom stereocenters. The van der Waals surface area contributed by atoms with Crippen LogP contribution < -0.4 is 10.4 Å². The highest BCUT2D eigenvalue weighted by Crippen LogP contribution is 2.24. The van der Waals surface area contributed by atoms with E-state index in [4.69, 9.17) is 7.85 Å². The van der Waals surface area contributed by atoms with Gasteiger partial charge in [0.1, 0.15) is 7.85 Å². The standard InChI is InChI=1S/C9H17BN2O/c1-11-8-4-2-7(3-5-8)6-12-9(10)13/h7-8,11H,2-6H2,1H3,(H,12,13)/p-1. The molecule has 0 aromatic carbocycles. The van der Waals surface area contributed by atoms with Gasteiger partial charge in [0.05, 0.1) is 0 Å². The molecule has 0 atom stereocenters. The van der Waals surface area contributed by atoms with E-state index in [1.807, 2.05) is 7.05 Å². The molecule has 2 radical (unpaired) electrons. The lowest BCUT2D eigenvalue weighted by Gasteiger charge is -2.27. The van der Waals surface area contributed by atoms with Crippen molar-refractivity contribution in [3.63, 3.8) is 0 Å². The van der Waals surface area contributed by atoms with E-state index in [0.29, 0.717) is 18.5 Å². The molecule has 0 aromatic rings. The molecule has 13 heavy (non-hydrogen) atoms. The molecule has 4 heteroatoms. The first kappa shape index (κ1) is 10.6. The Labute approximate surface area is 81.0 Å². The van der Waals surface area contributed by atoms with E-state index >= 15 is 0 Å². The normalized spacial score (nSPS) is 30.4. The van der Waals surface area contributed by atoms with Gasteiger partial charge >= 0.3 is 0 Å². The van der Waals surface area contributed by atoms with Gasteiger partial charge in [-0.15, -0.1) is 0 Å². The molecule has 3 nitrogen and oxygen atoms in total. The maximum Gasteiger partial charge on any atom is 0.117 e. The molecule has 0 saturated heterocycles. The van der Waals surface area contributed by atoms with Gasteiger partial charge in [-0.1, -0.05) is 5.80 Å². The molecule has 1 rings (SSSR count). The lowest BCUT2D eigenvalue weighted by molar-refractivity contribution is -0.207. The number of rotatable bonds is 3. The van der Waals surface area contributed by atoms with E-state index in [9.17, 15) is 5.11 Å². The van der Waals surface area contributed by atoms with E-state index in [0.717, 1.165) is 12.8 Å². The van der Waals surface area contributed by atoms with Crippen molar-refractivity contribution >= 4 is 13.6 Å². The highest BCUT2D eigenvalue weighted by Gasteiger charge is 2.18. The highest BCUT2D eigenvalue weighted by molar-refractivity contribution is 6.55. The van der Waals surface area contributed by atoms with Gasteiger partial charge in [0.15, 0.2) is 0 Å². The van der Waals surface area contributed by atoms with Crippen molar-refractivity contribution < 1.29 is 5.11 Å². The van der Waals surface area contributed by atoms with Crippen molar-refractivity contribution in [3.8, 4) is 0 Å². The first-order chi connectivity index (χ1) is 6.22. The van der Waals surface area contributed by atoms with E-state index in [2.05, 4.69) is 10.3 Å². The maximum absolute atomic E-state index is 10.4. The molecule has 0 spiro atoms. The molecular formula is C9H16BN2O-. The Bertz CT molecular complexity index is 172. The number of nitrogens with one attached hydrogen (secondary N) is 1. The summed E-state index contributed by atoms with van der Waals surface area (Å²) in [5.41, 5.74) is 0. The molecule has 1 saturated carbocycles. The third-order valence-corrected chi connectivity index (χ3v) is 2.76. The van der Waals surface area contributed by atoms with Crippen molar-refractivity contribution in [3.05, 3.63) is 0 Å². The number of aliphatic imine (C=N–C) groups is 1. The van der Waals surface area contributed by atoms with Gasteiger partial charge in [0, 0.05) is 12.6 Å². The van der Waals surface area contributed by atoms with Gasteiger partial charge < -0.3 is 15.4 Å². The SMILES string of the molecule is [B]C([O-])=NCC1CCC(NC)CC1. The van der Waals surface area contributed by atoms with Crippen molar-refractivity contribution in [1.82, 2.24) is 5.32 Å². The summed E-state index contributed by atoms with van der Waals surface area (Å²) in [7, 11) is 6.94. The Balaban J connectivity index is 2.21. The van der Waals surface area contributed by atoms with Crippen molar-refractivity contribution in [2.24, 2.45) is 10.9 Å². The second-order valence-electron chi connectivity index (χ2n) is 3.69. The summed E-state index contributed by atoms with van der Waals surface area (Å²) in [6.07, 6.45) is 4.69. The number of nitrogens with zero attached hydrogens (tertiary/aromatic N) is 1. The minimum atomic E-state index is -0.532. The van der Waals surface area contributed by atoms with Crippen LogP contribution >= 0.6 is 0 Å². The Kier molecular flexibility index (Phi) is 4.29. The molecule has 1 aliphatic carbocycles. The second-order valence-corrected chi connectivity index (χ2v) is 3.69. The van der Waals surface area contributed by atoms with E-state index in [1.165, 1.54) is 12.8 Å².